The van der Waals surface area contributed by atoms with Crippen LogP contribution in [0.3, 0.4) is 0 Å². The summed E-state index contributed by atoms with van der Waals surface area (Å²) in [7, 11) is 0. The van der Waals surface area contributed by atoms with Crippen LogP contribution < -0.4 is 0 Å². The maximum absolute atomic E-state index is 10.9. The zero-order valence-electron chi connectivity index (χ0n) is 11.2. The first kappa shape index (κ1) is 15.0. The topological polar surface area (TPSA) is 54.6 Å². The minimum Gasteiger partial charge on any atom is -0.478 e. The summed E-state index contributed by atoms with van der Waals surface area (Å²) in [5.41, 5.74) is 3.14. The molecule has 0 saturated heterocycles. The molecule has 0 bridgehead atoms. The van der Waals surface area contributed by atoms with Gasteiger partial charge in [-0.3, -0.25) is 4.40 Å². The Hall–Kier alpha value is -1.92. The zero-order valence-corrected chi connectivity index (χ0v) is 14.4. The Bertz CT molecular complexity index is 883. The fourth-order valence-corrected chi connectivity index (χ4v) is 2.77. The predicted molar refractivity (Wildman–Crippen MR) is 92.7 cm³/mol. The molecule has 2 aromatic heterocycles. The van der Waals surface area contributed by atoms with Gasteiger partial charge in [-0.1, -0.05) is 28.1 Å². The normalized spacial score (nSPS) is 11.4. The lowest BCUT2D eigenvalue weighted by molar-refractivity contribution is -0.131. The van der Waals surface area contributed by atoms with Gasteiger partial charge in [-0.2, -0.15) is 0 Å². The third kappa shape index (κ3) is 2.98. The molecule has 6 heteroatoms. The number of hydrogen-bond donors (Lipinski definition) is 1. The minimum atomic E-state index is -0.994. The van der Waals surface area contributed by atoms with Crippen LogP contribution in [0.1, 0.15) is 5.69 Å². The van der Waals surface area contributed by atoms with E-state index in [1.54, 1.807) is 6.08 Å². The van der Waals surface area contributed by atoms with Crippen LogP contribution in [0.4, 0.5) is 0 Å². The molecule has 1 N–H and O–H groups in total. The van der Waals surface area contributed by atoms with Crippen molar-refractivity contribution in [1.29, 1.82) is 0 Å². The van der Waals surface area contributed by atoms with Crippen LogP contribution in [0.25, 0.3) is 23.0 Å². The van der Waals surface area contributed by atoms with Gasteiger partial charge in [-0.15, -0.1) is 0 Å². The van der Waals surface area contributed by atoms with Crippen LogP contribution in [0.5, 0.6) is 0 Å². The maximum atomic E-state index is 10.9. The molecule has 3 aromatic rings. The van der Waals surface area contributed by atoms with Crippen molar-refractivity contribution in [2.75, 3.05) is 0 Å². The number of carboxylic acids is 1. The molecule has 1 aromatic carbocycles. The van der Waals surface area contributed by atoms with Gasteiger partial charge in [0.25, 0.3) is 0 Å². The first-order valence-corrected chi connectivity index (χ1v) is 7.98. The average molecular weight is 422 g/mol. The number of halogens is 2. The summed E-state index contributed by atoms with van der Waals surface area (Å²) in [6, 6.07) is 11.5. The van der Waals surface area contributed by atoms with Gasteiger partial charge in [0.05, 0.1) is 11.4 Å². The molecule has 0 aliphatic rings. The summed E-state index contributed by atoms with van der Waals surface area (Å²) in [5.74, 6) is -0.994. The average Bonchev–Trinajstić information content (AvgIpc) is 2.83. The van der Waals surface area contributed by atoms with E-state index < -0.39 is 5.97 Å². The number of rotatable bonds is 3. The highest BCUT2D eigenvalue weighted by Crippen LogP contribution is 2.28. The molecule has 3 rings (SSSR count). The summed E-state index contributed by atoms with van der Waals surface area (Å²) in [6.07, 6.45) is 4.55. The maximum Gasteiger partial charge on any atom is 0.328 e. The predicted octanol–water partition coefficient (Wildman–Crippen LogP) is 4.62. The fourth-order valence-electron chi connectivity index (χ4n) is 2.17. The van der Waals surface area contributed by atoms with Gasteiger partial charge >= 0.3 is 5.97 Å². The van der Waals surface area contributed by atoms with E-state index in [1.165, 1.54) is 0 Å². The molecular formula is C16H10Br2N2O2. The summed E-state index contributed by atoms with van der Waals surface area (Å²) in [4.78, 5) is 15.5. The minimum absolute atomic E-state index is 0.723. The van der Waals surface area contributed by atoms with Crippen molar-refractivity contribution >= 4 is 49.6 Å². The summed E-state index contributed by atoms with van der Waals surface area (Å²) in [5, 5.41) is 8.90. The largest absolute Gasteiger partial charge is 0.478 e. The SMILES string of the molecule is O=C(O)/C=C\c1c(-c2ccc(Br)cc2)nc2ccc(Br)cn12. The van der Waals surface area contributed by atoms with Crippen molar-refractivity contribution in [3.8, 4) is 11.3 Å². The lowest BCUT2D eigenvalue weighted by Crippen LogP contribution is -1.91. The van der Waals surface area contributed by atoms with E-state index in [4.69, 9.17) is 5.11 Å². The molecule has 4 nitrogen and oxygen atoms in total. The van der Waals surface area contributed by atoms with E-state index in [9.17, 15) is 4.79 Å². The number of aromatic nitrogens is 2. The van der Waals surface area contributed by atoms with Crippen molar-refractivity contribution in [2.45, 2.75) is 0 Å². The Labute approximate surface area is 143 Å². The Kier molecular flexibility index (Phi) is 4.13. The molecule has 0 aliphatic heterocycles. The van der Waals surface area contributed by atoms with Crippen LogP contribution in [0.15, 0.2) is 57.6 Å². The molecule has 0 aliphatic carbocycles. The van der Waals surface area contributed by atoms with Gasteiger partial charge in [0, 0.05) is 26.8 Å². The number of pyridine rings is 1. The summed E-state index contributed by atoms with van der Waals surface area (Å²) in [6.45, 7) is 0. The van der Waals surface area contributed by atoms with E-state index >= 15 is 0 Å². The number of imidazole rings is 1. The lowest BCUT2D eigenvalue weighted by atomic mass is 10.1. The smallest absolute Gasteiger partial charge is 0.328 e. The third-order valence-electron chi connectivity index (χ3n) is 3.12. The number of carboxylic acid groups (broad SMARTS) is 1. The van der Waals surface area contributed by atoms with Crippen molar-refractivity contribution in [2.24, 2.45) is 0 Å². The molecule has 0 saturated carbocycles. The molecule has 110 valence electrons. The van der Waals surface area contributed by atoms with Gasteiger partial charge in [0.2, 0.25) is 0 Å². The van der Waals surface area contributed by atoms with Crippen LogP contribution in [0, 0.1) is 0 Å². The quantitative estimate of drug-likeness (QED) is 0.627. The zero-order chi connectivity index (χ0) is 15.7. The second kappa shape index (κ2) is 6.06. The van der Waals surface area contributed by atoms with Gasteiger partial charge in [-0.25, -0.2) is 9.78 Å². The second-order valence-electron chi connectivity index (χ2n) is 4.60. The highest BCUT2D eigenvalue weighted by molar-refractivity contribution is 9.10. The number of nitrogens with zero attached hydrogens (tertiary/aromatic N) is 2. The number of benzene rings is 1. The molecule has 2 heterocycles. The number of aliphatic carboxylic acids is 1. The molecule has 0 amide bonds. The van der Waals surface area contributed by atoms with E-state index in [1.807, 2.05) is 47.0 Å². The van der Waals surface area contributed by atoms with Crippen LogP contribution >= 0.6 is 31.9 Å². The molecule has 0 radical (unpaired) electrons. The van der Waals surface area contributed by atoms with Crippen LogP contribution in [-0.4, -0.2) is 20.5 Å². The standard InChI is InChI=1S/C16H10Br2N2O2/c17-11-3-1-10(2-4-11)16-13(6-8-15(21)22)20-9-12(18)5-7-14(20)19-16/h1-9H,(H,21,22)/b8-6-. The number of hydrogen-bond acceptors (Lipinski definition) is 2. The first-order chi connectivity index (χ1) is 10.5. The molecule has 0 spiro atoms. The van der Waals surface area contributed by atoms with E-state index in [0.29, 0.717) is 0 Å². The fraction of sp³-hybridized carbons (Fsp3) is 0. The van der Waals surface area contributed by atoms with Gasteiger partial charge < -0.3 is 5.11 Å². The highest BCUT2D eigenvalue weighted by atomic mass is 79.9. The van der Waals surface area contributed by atoms with Crippen molar-refractivity contribution in [1.82, 2.24) is 9.38 Å². The van der Waals surface area contributed by atoms with Crippen LogP contribution in [-0.2, 0) is 4.79 Å². The van der Waals surface area contributed by atoms with Crippen LogP contribution in [0.2, 0.25) is 0 Å². The van der Waals surface area contributed by atoms with Crippen molar-refractivity contribution in [3.63, 3.8) is 0 Å². The molecule has 0 unspecified atom stereocenters. The van der Waals surface area contributed by atoms with E-state index in [0.717, 1.165) is 37.6 Å². The van der Waals surface area contributed by atoms with Gasteiger partial charge in [-0.05, 0) is 46.3 Å². The highest BCUT2D eigenvalue weighted by Gasteiger charge is 2.12. The Balaban J connectivity index is 2.26. The Morgan fingerprint density at radius 2 is 1.77 bits per heavy atom. The van der Waals surface area contributed by atoms with Crippen molar-refractivity contribution < 1.29 is 9.90 Å². The third-order valence-corrected chi connectivity index (χ3v) is 4.12. The Morgan fingerprint density at radius 1 is 1.09 bits per heavy atom. The van der Waals surface area contributed by atoms with Gasteiger partial charge in [0.1, 0.15) is 5.65 Å². The number of carbonyl (C=O) groups is 1. The Morgan fingerprint density at radius 3 is 2.45 bits per heavy atom. The molecule has 0 fully saturated rings. The van der Waals surface area contributed by atoms with Gasteiger partial charge in [0.15, 0.2) is 0 Å². The molecule has 0 atom stereocenters. The molecular weight excluding hydrogens is 412 g/mol. The van der Waals surface area contributed by atoms with E-state index in [2.05, 4.69) is 36.8 Å². The van der Waals surface area contributed by atoms with E-state index in [-0.39, 0.29) is 0 Å². The summed E-state index contributed by atoms with van der Waals surface area (Å²) >= 11 is 6.83. The summed E-state index contributed by atoms with van der Waals surface area (Å²) < 4.78 is 3.73. The first-order valence-electron chi connectivity index (χ1n) is 6.39. The molecule has 22 heavy (non-hydrogen) atoms. The second-order valence-corrected chi connectivity index (χ2v) is 6.43. The lowest BCUT2D eigenvalue weighted by Gasteiger charge is -2.01. The number of fused-ring (bicyclic) bond motifs is 1. The van der Waals surface area contributed by atoms with Crippen molar-refractivity contribution in [3.05, 3.63) is 63.3 Å². The monoisotopic (exact) mass is 420 g/mol.